The number of hydrogen-bond donors (Lipinski definition) is 2. The number of methoxy groups -OCH3 is 1. The lowest BCUT2D eigenvalue weighted by atomic mass is 10.2. The first-order valence-corrected chi connectivity index (χ1v) is 8.18. The summed E-state index contributed by atoms with van der Waals surface area (Å²) in [6.45, 7) is 1.65. The van der Waals surface area contributed by atoms with Crippen molar-refractivity contribution in [3.8, 4) is 17.6 Å². The van der Waals surface area contributed by atoms with Crippen LogP contribution in [0.25, 0.3) is 0 Å². The van der Waals surface area contributed by atoms with Crippen LogP contribution < -0.4 is 9.46 Å². The molecule has 0 amide bonds. The number of sulfonamides is 1. The first-order chi connectivity index (χ1) is 11.4. The van der Waals surface area contributed by atoms with Crippen molar-refractivity contribution in [1.29, 1.82) is 0 Å². The van der Waals surface area contributed by atoms with Crippen molar-refractivity contribution in [2.24, 2.45) is 0 Å². The molecule has 0 spiro atoms. The molecule has 24 heavy (non-hydrogen) atoms. The SMILES string of the molecule is CC#Cc1ccc(S(=O)(=O)Nc2ccc(C(=O)O)cc2OC)cn1. The van der Waals surface area contributed by atoms with E-state index in [1.54, 1.807) is 6.92 Å². The third-order valence-corrected chi connectivity index (χ3v) is 4.34. The van der Waals surface area contributed by atoms with Gasteiger partial charge in [0.15, 0.2) is 0 Å². The molecule has 2 N–H and O–H groups in total. The number of anilines is 1. The molecule has 0 fully saturated rings. The number of pyridine rings is 1. The Morgan fingerprint density at radius 3 is 2.58 bits per heavy atom. The Balaban J connectivity index is 2.34. The average molecular weight is 346 g/mol. The van der Waals surface area contributed by atoms with E-state index in [1.807, 2.05) is 0 Å². The minimum absolute atomic E-state index is 0.0149. The molecule has 2 aromatic rings. The van der Waals surface area contributed by atoms with E-state index in [-0.39, 0.29) is 21.9 Å². The van der Waals surface area contributed by atoms with Crippen LogP contribution in [0.4, 0.5) is 5.69 Å². The molecule has 0 atom stereocenters. The van der Waals surface area contributed by atoms with E-state index in [0.29, 0.717) is 5.69 Å². The van der Waals surface area contributed by atoms with Crippen LogP contribution in [-0.4, -0.2) is 31.6 Å². The highest BCUT2D eigenvalue weighted by molar-refractivity contribution is 7.92. The summed E-state index contributed by atoms with van der Waals surface area (Å²) in [6, 6.07) is 6.71. The van der Waals surface area contributed by atoms with Crippen LogP contribution in [0.3, 0.4) is 0 Å². The van der Waals surface area contributed by atoms with Gasteiger partial charge in [0.1, 0.15) is 16.3 Å². The van der Waals surface area contributed by atoms with Gasteiger partial charge < -0.3 is 9.84 Å². The van der Waals surface area contributed by atoms with Crippen molar-refractivity contribution in [2.75, 3.05) is 11.8 Å². The van der Waals surface area contributed by atoms with Gasteiger partial charge >= 0.3 is 5.97 Å². The number of nitrogens with one attached hydrogen (secondary N) is 1. The Labute approximate surface area is 139 Å². The molecule has 0 aliphatic carbocycles. The van der Waals surface area contributed by atoms with Crippen LogP contribution in [0.2, 0.25) is 0 Å². The molecule has 1 aromatic heterocycles. The Bertz CT molecular complexity index is 925. The van der Waals surface area contributed by atoms with Crippen LogP contribution in [0.5, 0.6) is 5.75 Å². The van der Waals surface area contributed by atoms with E-state index in [4.69, 9.17) is 9.84 Å². The van der Waals surface area contributed by atoms with Gasteiger partial charge in [-0.15, -0.1) is 0 Å². The lowest BCUT2D eigenvalue weighted by Crippen LogP contribution is -2.14. The monoisotopic (exact) mass is 346 g/mol. The molecule has 0 aliphatic rings. The molecule has 1 heterocycles. The van der Waals surface area contributed by atoms with Gasteiger partial charge in [0.05, 0.1) is 18.4 Å². The number of aromatic nitrogens is 1. The van der Waals surface area contributed by atoms with Crippen molar-refractivity contribution in [3.63, 3.8) is 0 Å². The predicted molar refractivity (Wildman–Crippen MR) is 87.6 cm³/mol. The van der Waals surface area contributed by atoms with Crippen LogP contribution in [0.1, 0.15) is 23.0 Å². The summed E-state index contributed by atoms with van der Waals surface area (Å²) in [5.74, 6) is 4.35. The molecule has 2 rings (SSSR count). The van der Waals surface area contributed by atoms with Gasteiger partial charge in [-0.2, -0.15) is 0 Å². The summed E-state index contributed by atoms with van der Waals surface area (Å²) in [5, 5.41) is 8.96. The molecule has 0 unspecified atom stereocenters. The van der Waals surface area contributed by atoms with Gasteiger partial charge in [-0.3, -0.25) is 4.72 Å². The van der Waals surface area contributed by atoms with E-state index in [9.17, 15) is 13.2 Å². The number of nitrogens with zero attached hydrogens (tertiary/aromatic N) is 1. The van der Waals surface area contributed by atoms with E-state index >= 15 is 0 Å². The zero-order valence-electron chi connectivity index (χ0n) is 12.9. The number of carboxylic acids is 1. The first-order valence-electron chi connectivity index (χ1n) is 6.70. The zero-order chi connectivity index (χ0) is 17.7. The Kier molecular flexibility index (Phi) is 5.06. The molecular formula is C16H14N2O5S. The maximum absolute atomic E-state index is 12.4. The fraction of sp³-hybridized carbons (Fsp3) is 0.125. The van der Waals surface area contributed by atoms with Gasteiger partial charge in [0.2, 0.25) is 0 Å². The standard InChI is InChI=1S/C16H14N2O5S/c1-3-4-12-6-7-13(10-17-12)24(21,22)18-14-8-5-11(16(19)20)9-15(14)23-2/h5-10,18H,1-2H3,(H,19,20). The number of carboxylic acid groups (broad SMARTS) is 1. The minimum atomic E-state index is -3.90. The molecule has 8 heteroatoms. The Morgan fingerprint density at radius 1 is 1.29 bits per heavy atom. The van der Waals surface area contributed by atoms with Crippen molar-refractivity contribution in [1.82, 2.24) is 4.98 Å². The highest BCUT2D eigenvalue weighted by atomic mass is 32.2. The summed E-state index contributed by atoms with van der Waals surface area (Å²) in [4.78, 5) is 14.9. The van der Waals surface area contributed by atoms with Crippen molar-refractivity contribution < 1.29 is 23.1 Å². The second-order valence-electron chi connectivity index (χ2n) is 4.58. The third kappa shape index (κ3) is 3.83. The second kappa shape index (κ2) is 7.02. The maximum atomic E-state index is 12.4. The lowest BCUT2D eigenvalue weighted by molar-refractivity contribution is 0.0696. The summed E-state index contributed by atoms with van der Waals surface area (Å²) < 4.78 is 32.2. The fourth-order valence-corrected chi connectivity index (χ4v) is 2.87. The molecule has 124 valence electrons. The highest BCUT2D eigenvalue weighted by Gasteiger charge is 2.18. The maximum Gasteiger partial charge on any atom is 0.335 e. The smallest absolute Gasteiger partial charge is 0.335 e. The van der Waals surface area contributed by atoms with Crippen molar-refractivity contribution >= 4 is 21.7 Å². The van der Waals surface area contributed by atoms with Crippen molar-refractivity contribution in [3.05, 3.63) is 47.8 Å². The molecular weight excluding hydrogens is 332 g/mol. The second-order valence-corrected chi connectivity index (χ2v) is 6.26. The lowest BCUT2D eigenvalue weighted by Gasteiger charge is -2.12. The Morgan fingerprint density at radius 2 is 2.04 bits per heavy atom. The Hall–Kier alpha value is -3.05. The first kappa shape index (κ1) is 17.3. The number of hydrogen-bond acceptors (Lipinski definition) is 5. The molecule has 0 aliphatic heterocycles. The van der Waals surface area contributed by atoms with Gasteiger partial charge in [-0.1, -0.05) is 5.92 Å². The van der Waals surface area contributed by atoms with Gasteiger partial charge in [-0.25, -0.2) is 18.2 Å². The fourth-order valence-electron chi connectivity index (χ4n) is 1.85. The van der Waals surface area contributed by atoms with Crippen molar-refractivity contribution in [2.45, 2.75) is 11.8 Å². The summed E-state index contributed by atoms with van der Waals surface area (Å²) >= 11 is 0. The van der Waals surface area contributed by atoms with Gasteiger partial charge in [0, 0.05) is 6.20 Å². The van der Waals surface area contributed by atoms with Crippen LogP contribution in [-0.2, 0) is 10.0 Å². The number of rotatable bonds is 5. The van der Waals surface area contributed by atoms with E-state index < -0.39 is 16.0 Å². The topological polar surface area (TPSA) is 106 Å². The summed E-state index contributed by atoms with van der Waals surface area (Å²) in [5.41, 5.74) is 0.568. The third-order valence-electron chi connectivity index (χ3n) is 2.99. The molecule has 7 nitrogen and oxygen atoms in total. The quantitative estimate of drug-likeness (QED) is 0.802. The minimum Gasteiger partial charge on any atom is -0.495 e. The normalized spacial score (nSPS) is 10.4. The zero-order valence-corrected chi connectivity index (χ0v) is 13.7. The average Bonchev–Trinajstić information content (AvgIpc) is 2.55. The summed E-state index contributed by atoms with van der Waals surface area (Å²) in [7, 11) is -2.58. The molecule has 1 aromatic carbocycles. The van der Waals surface area contributed by atoms with E-state index in [0.717, 1.165) is 0 Å². The molecule has 0 saturated carbocycles. The predicted octanol–water partition coefficient (Wildman–Crippen LogP) is 1.96. The number of ether oxygens (including phenoxy) is 1. The summed E-state index contributed by atoms with van der Waals surface area (Å²) in [6.07, 6.45) is 1.19. The van der Waals surface area contributed by atoms with E-state index in [1.165, 1.54) is 43.6 Å². The number of aromatic carboxylic acids is 1. The van der Waals surface area contributed by atoms with Crippen LogP contribution >= 0.6 is 0 Å². The number of carbonyl (C=O) groups is 1. The van der Waals surface area contributed by atoms with E-state index in [2.05, 4.69) is 21.5 Å². The molecule has 0 bridgehead atoms. The van der Waals surface area contributed by atoms with Crippen LogP contribution in [0.15, 0.2) is 41.4 Å². The van der Waals surface area contributed by atoms with Gasteiger partial charge in [0.25, 0.3) is 10.0 Å². The number of benzene rings is 1. The molecule has 0 saturated heterocycles. The highest BCUT2D eigenvalue weighted by Crippen LogP contribution is 2.28. The van der Waals surface area contributed by atoms with Gasteiger partial charge in [-0.05, 0) is 43.2 Å². The molecule has 0 radical (unpaired) electrons. The largest absolute Gasteiger partial charge is 0.495 e. The van der Waals surface area contributed by atoms with Crippen LogP contribution in [0, 0.1) is 11.8 Å².